The van der Waals surface area contributed by atoms with E-state index < -0.39 is 28.5 Å². The number of nitrogens with zero attached hydrogens (tertiary/aromatic N) is 2. The zero-order chi connectivity index (χ0) is 31.7. The van der Waals surface area contributed by atoms with Crippen LogP contribution >= 0.6 is 0 Å². The van der Waals surface area contributed by atoms with Gasteiger partial charge >= 0.3 is 0 Å². The van der Waals surface area contributed by atoms with E-state index in [1.165, 1.54) is 9.21 Å². The molecular weight excluding hydrogens is 570 g/mol. The van der Waals surface area contributed by atoms with E-state index in [2.05, 4.69) is 5.32 Å². The summed E-state index contributed by atoms with van der Waals surface area (Å²) in [5.41, 5.74) is 4.97. The normalized spacial score (nSPS) is 11.9. The average Bonchev–Trinajstić information content (AvgIpc) is 3.03. The zero-order valence-corrected chi connectivity index (χ0v) is 26.7. The molecule has 7 nitrogen and oxygen atoms in total. The van der Waals surface area contributed by atoms with E-state index in [9.17, 15) is 18.0 Å². The third-order valence-electron chi connectivity index (χ3n) is 7.62. The van der Waals surface area contributed by atoms with E-state index in [1.807, 2.05) is 94.4 Å². The van der Waals surface area contributed by atoms with Crippen molar-refractivity contribution in [2.24, 2.45) is 0 Å². The highest BCUT2D eigenvalue weighted by molar-refractivity contribution is 7.92. The number of anilines is 1. The van der Waals surface area contributed by atoms with Crippen molar-refractivity contribution in [2.45, 2.75) is 58.0 Å². The number of carbonyl (C=O) groups is 2. The molecule has 0 saturated carbocycles. The number of aryl methyl sites for hydroxylation is 3. The Morgan fingerprint density at radius 2 is 1.34 bits per heavy atom. The zero-order valence-electron chi connectivity index (χ0n) is 25.9. The first-order chi connectivity index (χ1) is 21.1. The van der Waals surface area contributed by atoms with E-state index in [0.29, 0.717) is 18.7 Å². The van der Waals surface area contributed by atoms with Gasteiger partial charge in [-0.25, -0.2) is 8.42 Å². The van der Waals surface area contributed by atoms with Crippen LogP contribution in [0.25, 0.3) is 0 Å². The topological polar surface area (TPSA) is 86.8 Å². The molecule has 0 aliphatic rings. The number of sulfonamides is 1. The van der Waals surface area contributed by atoms with Gasteiger partial charge in [0.15, 0.2) is 0 Å². The average molecular weight is 612 g/mol. The van der Waals surface area contributed by atoms with Crippen molar-refractivity contribution >= 4 is 27.5 Å². The Morgan fingerprint density at radius 3 is 1.95 bits per heavy atom. The van der Waals surface area contributed by atoms with E-state index in [0.717, 1.165) is 27.8 Å². The van der Waals surface area contributed by atoms with E-state index in [1.54, 1.807) is 36.4 Å². The number of para-hydroxylation sites is 1. The quantitative estimate of drug-likeness (QED) is 0.206. The maximum atomic E-state index is 14.5. The first kappa shape index (κ1) is 32.5. The molecule has 0 radical (unpaired) electrons. The molecule has 0 fully saturated rings. The Labute approximate surface area is 261 Å². The first-order valence-electron chi connectivity index (χ1n) is 15.0. The molecule has 230 valence electrons. The number of hydrogen-bond acceptors (Lipinski definition) is 4. The summed E-state index contributed by atoms with van der Waals surface area (Å²) in [6.45, 7) is 7.73. The fourth-order valence-electron chi connectivity index (χ4n) is 5.14. The van der Waals surface area contributed by atoms with Gasteiger partial charge in [-0.05, 0) is 62.1 Å². The van der Waals surface area contributed by atoms with E-state index >= 15 is 0 Å². The number of hydrogen-bond donors (Lipinski definition) is 1. The number of likely N-dealkylation sites (N-methyl/N-ethyl adjacent to an activating group) is 1. The maximum Gasteiger partial charge on any atom is 0.264 e. The lowest BCUT2D eigenvalue weighted by atomic mass is 10.0. The SMILES string of the molecule is CCNC(=O)[C@H](Cc1ccccc1)N(Cc1ccc(C)cc1)C(=O)CN(c1ccccc1CC)S(=O)(=O)c1ccc(C)cc1. The van der Waals surface area contributed by atoms with Crippen molar-refractivity contribution in [3.63, 3.8) is 0 Å². The lowest BCUT2D eigenvalue weighted by molar-refractivity contribution is -0.140. The van der Waals surface area contributed by atoms with Crippen molar-refractivity contribution in [1.29, 1.82) is 0 Å². The second-order valence-electron chi connectivity index (χ2n) is 10.9. The summed E-state index contributed by atoms with van der Waals surface area (Å²) >= 11 is 0. The Bertz CT molecular complexity index is 1650. The molecular formula is C36H41N3O4S. The van der Waals surface area contributed by atoms with Crippen molar-refractivity contribution in [3.8, 4) is 0 Å². The molecule has 0 aliphatic carbocycles. The molecule has 8 heteroatoms. The van der Waals surface area contributed by atoms with E-state index in [4.69, 9.17) is 0 Å². The number of carbonyl (C=O) groups excluding carboxylic acids is 2. The van der Waals surface area contributed by atoms with Crippen LogP contribution in [0.5, 0.6) is 0 Å². The van der Waals surface area contributed by atoms with Gasteiger partial charge in [-0.15, -0.1) is 0 Å². The number of amides is 2. The Morgan fingerprint density at radius 1 is 0.750 bits per heavy atom. The van der Waals surface area contributed by atoms with Gasteiger partial charge in [-0.3, -0.25) is 13.9 Å². The van der Waals surface area contributed by atoms with Gasteiger partial charge in [0.05, 0.1) is 10.6 Å². The minimum atomic E-state index is -4.14. The van der Waals surface area contributed by atoms with E-state index in [-0.39, 0.29) is 23.8 Å². The van der Waals surface area contributed by atoms with Crippen LogP contribution in [0.4, 0.5) is 5.69 Å². The molecule has 1 atom stereocenters. The molecule has 4 aromatic carbocycles. The summed E-state index contributed by atoms with van der Waals surface area (Å²) < 4.78 is 29.7. The molecule has 4 rings (SSSR count). The molecule has 0 heterocycles. The van der Waals surface area contributed by atoms with Crippen LogP contribution in [-0.4, -0.2) is 44.3 Å². The summed E-state index contributed by atoms with van der Waals surface area (Å²) in [7, 11) is -4.14. The fourth-order valence-corrected chi connectivity index (χ4v) is 6.59. The third kappa shape index (κ3) is 7.94. The lowest BCUT2D eigenvalue weighted by Crippen LogP contribution is -2.53. The Kier molecular flexibility index (Phi) is 11.0. The van der Waals surface area contributed by atoms with Crippen LogP contribution in [0.1, 0.15) is 41.7 Å². The highest BCUT2D eigenvalue weighted by atomic mass is 32.2. The van der Waals surface area contributed by atoms with Crippen LogP contribution in [0.15, 0.2) is 108 Å². The fraction of sp³-hybridized carbons (Fsp3) is 0.278. The van der Waals surface area contributed by atoms with Crippen LogP contribution < -0.4 is 9.62 Å². The molecule has 0 saturated heterocycles. The Hall–Kier alpha value is -4.43. The largest absolute Gasteiger partial charge is 0.355 e. The second kappa shape index (κ2) is 14.8. The molecule has 2 amide bonds. The molecule has 1 N–H and O–H groups in total. The third-order valence-corrected chi connectivity index (χ3v) is 9.40. The Balaban J connectivity index is 1.82. The van der Waals surface area contributed by atoms with Gasteiger partial charge in [0.2, 0.25) is 11.8 Å². The summed E-state index contributed by atoms with van der Waals surface area (Å²) in [6, 6.07) is 30.3. The van der Waals surface area contributed by atoms with Crippen LogP contribution in [0, 0.1) is 13.8 Å². The molecule has 0 bridgehead atoms. The monoisotopic (exact) mass is 611 g/mol. The van der Waals surface area contributed by atoms with Crippen molar-refractivity contribution < 1.29 is 18.0 Å². The van der Waals surface area contributed by atoms with Gasteiger partial charge in [-0.2, -0.15) is 0 Å². The maximum absolute atomic E-state index is 14.5. The predicted molar refractivity (Wildman–Crippen MR) is 176 cm³/mol. The van der Waals surface area contributed by atoms with Crippen molar-refractivity contribution in [2.75, 3.05) is 17.4 Å². The number of nitrogens with one attached hydrogen (secondary N) is 1. The predicted octanol–water partition coefficient (Wildman–Crippen LogP) is 5.84. The lowest BCUT2D eigenvalue weighted by Gasteiger charge is -2.34. The van der Waals surface area contributed by atoms with Gasteiger partial charge in [0.1, 0.15) is 12.6 Å². The highest BCUT2D eigenvalue weighted by Gasteiger charge is 2.35. The molecule has 0 spiro atoms. The minimum absolute atomic E-state index is 0.0939. The number of rotatable bonds is 13. The van der Waals surface area contributed by atoms with Gasteiger partial charge in [0.25, 0.3) is 10.0 Å². The number of benzene rings is 4. The summed E-state index contributed by atoms with van der Waals surface area (Å²) in [5, 5.41) is 2.90. The molecule has 0 unspecified atom stereocenters. The molecule has 44 heavy (non-hydrogen) atoms. The van der Waals surface area contributed by atoms with Crippen molar-refractivity contribution in [3.05, 3.63) is 131 Å². The highest BCUT2D eigenvalue weighted by Crippen LogP contribution is 2.28. The summed E-state index contributed by atoms with van der Waals surface area (Å²) in [5.74, 6) is -0.766. The van der Waals surface area contributed by atoms with Gasteiger partial charge in [-0.1, -0.05) is 103 Å². The smallest absolute Gasteiger partial charge is 0.264 e. The minimum Gasteiger partial charge on any atom is -0.355 e. The van der Waals surface area contributed by atoms with Crippen LogP contribution in [-0.2, 0) is 39.0 Å². The molecule has 0 aliphatic heterocycles. The van der Waals surface area contributed by atoms with Crippen LogP contribution in [0.2, 0.25) is 0 Å². The summed E-state index contributed by atoms with van der Waals surface area (Å²) in [4.78, 5) is 29.7. The first-order valence-corrected chi connectivity index (χ1v) is 16.4. The second-order valence-corrected chi connectivity index (χ2v) is 12.8. The van der Waals surface area contributed by atoms with Crippen molar-refractivity contribution in [1.82, 2.24) is 10.2 Å². The molecule has 4 aromatic rings. The molecule has 0 aromatic heterocycles. The summed E-state index contributed by atoms with van der Waals surface area (Å²) in [6.07, 6.45) is 0.855. The van der Waals surface area contributed by atoms with Gasteiger partial charge in [0, 0.05) is 19.5 Å². The van der Waals surface area contributed by atoms with Gasteiger partial charge < -0.3 is 10.2 Å². The standard InChI is InChI=1S/C36H41N3O4S/c1-5-31-14-10-11-15-33(31)39(44(42,43)32-22-18-28(4)19-23-32)26-35(40)38(25-30-20-16-27(3)17-21-30)34(36(41)37-6-2)24-29-12-8-7-9-13-29/h7-23,34H,5-6,24-26H2,1-4H3,(H,37,41)/t34-/m0/s1. The van der Waals surface area contributed by atoms with Crippen LogP contribution in [0.3, 0.4) is 0 Å².